The molecule has 0 bridgehead atoms. The summed E-state index contributed by atoms with van der Waals surface area (Å²) in [6, 6.07) is 0.495. The number of hydrogen-bond acceptors (Lipinski definition) is 2. The molecule has 2 saturated heterocycles. The predicted molar refractivity (Wildman–Crippen MR) is 79.0 cm³/mol. The molecule has 2 unspecified atom stereocenters. The highest BCUT2D eigenvalue weighted by Gasteiger charge is 2.31. The first kappa shape index (κ1) is 14.8. The van der Waals surface area contributed by atoms with E-state index in [4.69, 9.17) is 0 Å². The second kappa shape index (κ2) is 6.25. The van der Waals surface area contributed by atoms with Crippen LogP contribution >= 0.6 is 0 Å². The summed E-state index contributed by atoms with van der Waals surface area (Å²) >= 11 is 0. The van der Waals surface area contributed by atoms with Crippen molar-refractivity contribution in [3.8, 4) is 0 Å². The molecule has 0 radical (unpaired) electrons. The van der Waals surface area contributed by atoms with Crippen LogP contribution in [0.3, 0.4) is 0 Å². The van der Waals surface area contributed by atoms with Crippen molar-refractivity contribution in [3.63, 3.8) is 0 Å². The minimum Gasteiger partial charge on any atom is -0.340 e. The molecule has 1 N–H and O–H groups in total. The highest BCUT2D eigenvalue weighted by Crippen LogP contribution is 2.30. The lowest BCUT2D eigenvalue weighted by atomic mass is 9.87. The van der Waals surface area contributed by atoms with Gasteiger partial charge in [-0.2, -0.15) is 0 Å². The van der Waals surface area contributed by atoms with Crippen LogP contribution in [0.25, 0.3) is 0 Å². The lowest BCUT2D eigenvalue weighted by Crippen LogP contribution is -2.37. The van der Waals surface area contributed by atoms with Crippen molar-refractivity contribution in [1.29, 1.82) is 0 Å². The van der Waals surface area contributed by atoms with Crippen molar-refractivity contribution in [3.05, 3.63) is 0 Å². The van der Waals surface area contributed by atoms with E-state index in [1.807, 2.05) is 0 Å². The quantitative estimate of drug-likeness (QED) is 0.848. The molecule has 2 rings (SSSR count). The molecule has 110 valence electrons. The Bertz CT molecular complexity index is 302. The summed E-state index contributed by atoms with van der Waals surface area (Å²) < 4.78 is 0. The molecule has 0 aromatic rings. The fraction of sp³-hybridized carbons (Fsp3) is 0.938. The van der Waals surface area contributed by atoms with Gasteiger partial charge in [0, 0.05) is 19.0 Å². The maximum Gasteiger partial charge on any atom is 0.222 e. The van der Waals surface area contributed by atoms with Gasteiger partial charge in [-0.25, -0.2) is 0 Å². The van der Waals surface area contributed by atoms with Crippen LogP contribution in [0.2, 0.25) is 0 Å². The second-order valence-electron chi connectivity index (χ2n) is 7.55. The average Bonchev–Trinajstić information content (AvgIpc) is 2.94. The number of carbonyl (C=O) groups is 1. The maximum atomic E-state index is 12.4. The van der Waals surface area contributed by atoms with Crippen LogP contribution in [-0.4, -0.2) is 36.5 Å². The van der Waals surface area contributed by atoms with Gasteiger partial charge in [-0.15, -0.1) is 0 Å². The molecule has 1 amide bonds. The highest BCUT2D eigenvalue weighted by molar-refractivity contribution is 5.76. The first-order valence-electron chi connectivity index (χ1n) is 7.96. The maximum absolute atomic E-state index is 12.4. The van der Waals surface area contributed by atoms with Crippen molar-refractivity contribution < 1.29 is 4.79 Å². The highest BCUT2D eigenvalue weighted by atomic mass is 16.2. The number of amides is 1. The van der Waals surface area contributed by atoms with Gasteiger partial charge in [-0.3, -0.25) is 4.79 Å². The Labute approximate surface area is 118 Å². The molecule has 0 spiro atoms. The minimum absolute atomic E-state index is 0.322. The normalized spacial score (nSPS) is 28.1. The molecule has 0 saturated carbocycles. The summed E-state index contributed by atoms with van der Waals surface area (Å²) in [5.41, 5.74) is 0.322. The zero-order chi connectivity index (χ0) is 13.9. The lowest BCUT2D eigenvalue weighted by molar-refractivity contribution is -0.132. The van der Waals surface area contributed by atoms with Crippen LogP contribution in [0.15, 0.2) is 0 Å². The lowest BCUT2D eigenvalue weighted by Gasteiger charge is -2.30. The van der Waals surface area contributed by atoms with Crippen LogP contribution < -0.4 is 5.32 Å². The second-order valence-corrected chi connectivity index (χ2v) is 7.55. The van der Waals surface area contributed by atoms with Crippen LogP contribution in [0, 0.1) is 11.3 Å². The number of nitrogens with zero attached hydrogens (tertiary/aromatic N) is 1. The number of likely N-dealkylation sites (tertiary alicyclic amines) is 1. The molecule has 2 aliphatic rings. The average molecular weight is 266 g/mol. The van der Waals surface area contributed by atoms with E-state index in [0.717, 1.165) is 44.8 Å². The van der Waals surface area contributed by atoms with Crippen molar-refractivity contribution in [2.75, 3.05) is 19.6 Å². The van der Waals surface area contributed by atoms with E-state index < -0.39 is 0 Å². The number of rotatable bonds is 4. The number of carbonyl (C=O) groups excluding carboxylic acids is 1. The van der Waals surface area contributed by atoms with Gasteiger partial charge in [0.05, 0.1) is 0 Å². The third-order valence-electron chi connectivity index (χ3n) is 4.47. The van der Waals surface area contributed by atoms with E-state index in [-0.39, 0.29) is 0 Å². The van der Waals surface area contributed by atoms with Crippen LogP contribution in [0.1, 0.15) is 59.3 Å². The van der Waals surface area contributed by atoms with E-state index in [1.165, 1.54) is 19.3 Å². The first-order valence-corrected chi connectivity index (χ1v) is 7.96. The standard InChI is InChI=1S/C16H30N2O/c1-16(2,3)11-14-5-4-10-18(14)15(19)7-6-13-8-9-17-12-13/h13-14,17H,4-12H2,1-3H3. The van der Waals surface area contributed by atoms with E-state index >= 15 is 0 Å². The molecule has 2 fully saturated rings. The van der Waals surface area contributed by atoms with Crippen molar-refractivity contribution in [2.24, 2.45) is 11.3 Å². The topological polar surface area (TPSA) is 32.3 Å². The van der Waals surface area contributed by atoms with E-state index in [1.54, 1.807) is 0 Å². The summed E-state index contributed by atoms with van der Waals surface area (Å²) in [7, 11) is 0. The third-order valence-corrected chi connectivity index (χ3v) is 4.47. The van der Waals surface area contributed by atoms with E-state index in [0.29, 0.717) is 17.4 Å². The Morgan fingerprint density at radius 1 is 1.32 bits per heavy atom. The molecule has 2 aliphatic heterocycles. The summed E-state index contributed by atoms with van der Waals surface area (Å²) in [5, 5.41) is 3.38. The molecule has 0 aromatic carbocycles. The van der Waals surface area contributed by atoms with Crippen molar-refractivity contribution in [1.82, 2.24) is 10.2 Å². The molecular formula is C16H30N2O. The molecule has 3 nitrogen and oxygen atoms in total. The van der Waals surface area contributed by atoms with E-state index in [2.05, 4.69) is 31.0 Å². The summed E-state index contributed by atoms with van der Waals surface area (Å²) in [5.74, 6) is 1.13. The molecule has 3 heteroatoms. The van der Waals surface area contributed by atoms with Gasteiger partial charge in [-0.1, -0.05) is 20.8 Å². The van der Waals surface area contributed by atoms with Gasteiger partial charge in [0.25, 0.3) is 0 Å². The van der Waals surface area contributed by atoms with Gasteiger partial charge >= 0.3 is 0 Å². The first-order chi connectivity index (χ1) is 8.96. The van der Waals surface area contributed by atoms with Gasteiger partial charge in [-0.05, 0) is 56.5 Å². The smallest absolute Gasteiger partial charge is 0.222 e. The Hall–Kier alpha value is -0.570. The summed E-state index contributed by atoms with van der Waals surface area (Å²) in [4.78, 5) is 14.6. The van der Waals surface area contributed by atoms with Crippen LogP contribution in [0.5, 0.6) is 0 Å². The Morgan fingerprint density at radius 2 is 2.11 bits per heavy atom. The zero-order valence-corrected chi connectivity index (χ0v) is 12.9. The van der Waals surface area contributed by atoms with Gasteiger partial charge in [0.2, 0.25) is 5.91 Å². The predicted octanol–water partition coefficient (Wildman–Crippen LogP) is 2.80. The summed E-state index contributed by atoms with van der Waals surface area (Å²) in [6.45, 7) is 10.1. The Morgan fingerprint density at radius 3 is 2.74 bits per heavy atom. The molecule has 2 atom stereocenters. The van der Waals surface area contributed by atoms with E-state index in [9.17, 15) is 4.79 Å². The van der Waals surface area contributed by atoms with Gasteiger partial charge in [0.15, 0.2) is 0 Å². The van der Waals surface area contributed by atoms with Crippen LogP contribution in [0.4, 0.5) is 0 Å². The molecule has 2 heterocycles. The van der Waals surface area contributed by atoms with Gasteiger partial charge in [0.1, 0.15) is 0 Å². The van der Waals surface area contributed by atoms with Crippen molar-refractivity contribution >= 4 is 5.91 Å². The molecular weight excluding hydrogens is 236 g/mol. The monoisotopic (exact) mass is 266 g/mol. The zero-order valence-electron chi connectivity index (χ0n) is 12.9. The number of nitrogens with one attached hydrogen (secondary N) is 1. The molecule has 0 aliphatic carbocycles. The van der Waals surface area contributed by atoms with Crippen LogP contribution in [-0.2, 0) is 4.79 Å². The fourth-order valence-corrected chi connectivity index (χ4v) is 3.52. The Balaban J connectivity index is 1.79. The SMILES string of the molecule is CC(C)(C)CC1CCCN1C(=O)CCC1CCNC1. The summed E-state index contributed by atoms with van der Waals surface area (Å²) in [6.07, 6.45) is 6.62. The van der Waals surface area contributed by atoms with Crippen molar-refractivity contribution in [2.45, 2.75) is 65.3 Å². The fourth-order valence-electron chi connectivity index (χ4n) is 3.52. The molecule has 0 aromatic heterocycles. The largest absolute Gasteiger partial charge is 0.340 e. The Kier molecular flexibility index (Phi) is 4.88. The number of hydrogen-bond donors (Lipinski definition) is 1. The third kappa shape index (κ3) is 4.48. The van der Waals surface area contributed by atoms with Gasteiger partial charge < -0.3 is 10.2 Å². The minimum atomic E-state index is 0.322. The molecule has 19 heavy (non-hydrogen) atoms.